The maximum atomic E-state index is 5.47. The zero-order valence-corrected chi connectivity index (χ0v) is 17.0. The predicted octanol–water partition coefficient (Wildman–Crippen LogP) is 3.78. The second-order valence-electron chi connectivity index (χ2n) is 8.42. The Labute approximate surface area is 159 Å². The van der Waals surface area contributed by atoms with Crippen molar-refractivity contribution in [1.82, 2.24) is 9.80 Å². The zero-order valence-electron chi connectivity index (χ0n) is 17.0. The summed E-state index contributed by atoms with van der Waals surface area (Å²) in [4.78, 5) is 5.43. The molecule has 4 heteroatoms. The minimum atomic E-state index is 0.598. The van der Waals surface area contributed by atoms with Crippen molar-refractivity contribution in [3.63, 3.8) is 0 Å². The first-order chi connectivity index (χ1) is 12.6. The Morgan fingerprint density at radius 3 is 2.62 bits per heavy atom. The van der Waals surface area contributed by atoms with Gasteiger partial charge in [-0.3, -0.25) is 9.80 Å². The Bertz CT molecular complexity index is 571. The van der Waals surface area contributed by atoms with Gasteiger partial charge in [0.1, 0.15) is 5.75 Å². The Hall–Kier alpha value is -1.10. The van der Waals surface area contributed by atoms with Gasteiger partial charge >= 0.3 is 0 Å². The van der Waals surface area contributed by atoms with E-state index in [1.165, 1.54) is 51.0 Å². The van der Waals surface area contributed by atoms with Crippen LogP contribution in [0.3, 0.4) is 0 Å². The topological polar surface area (TPSA) is 24.9 Å². The highest BCUT2D eigenvalue weighted by atomic mass is 16.5. The van der Waals surface area contributed by atoms with Crippen molar-refractivity contribution >= 4 is 0 Å². The van der Waals surface area contributed by atoms with Crippen LogP contribution < -0.4 is 4.74 Å². The van der Waals surface area contributed by atoms with Gasteiger partial charge in [-0.15, -0.1) is 0 Å². The van der Waals surface area contributed by atoms with E-state index < -0.39 is 0 Å². The third-order valence-electron chi connectivity index (χ3n) is 5.84. The summed E-state index contributed by atoms with van der Waals surface area (Å²) in [5, 5.41) is 0. The number of hydrogen-bond donors (Lipinski definition) is 0. The van der Waals surface area contributed by atoms with E-state index in [0.29, 0.717) is 18.6 Å². The van der Waals surface area contributed by atoms with Crippen molar-refractivity contribution in [2.45, 2.75) is 52.3 Å². The molecule has 1 saturated heterocycles. The lowest BCUT2D eigenvalue weighted by molar-refractivity contribution is 0.132. The minimum absolute atomic E-state index is 0.598. The fourth-order valence-corrected chi connectivity index (χ4v) is 4.23. The Kier molecular flexibility index (Phi) is 6.96. The van der Waals surface area contributed by atoms with E-state index in [9.17, 15) is 0 Å². The molecular weight excluding hydrogens is 324 g/mol. The van der Waals surface area contributed by atoms with Gasteiger partial charge in [-0.2, -0.15) is 0 Å². The lowest BCUT2D eigenvalue weighted by Crippen LogP contribution is -2.45. The minimum Gasteiger partial charge on any atom is -0.496 e. The third-order valence-corrected chi connectivity index (χ3v) is 5.84. The molecule has 0 spiro atoms. The summed E-state index contributed by atoms with van der Waals surface area (Å²) in [6.45, 7) is 11.3. The van der Waals surface area contributed by atoms with Crippen LogP contribution in [0.4, 0.5) is 0 Å². The van der Waals surface area contributed by atoms with Crippen LogP contribution in [0.1, 0.15) is 44.2 Å². The standard InChI is InChI=1S/C22H36N2O2/c1-17(2)21-15-23(10-5-11-24(21)14-18-6-7-18)13-19-8-9-22(26-4)20(12-19)16-25-3/h8-9,12,17-18,21H,5-7,10-11,13-16H2,1-4H3/t21-/m0/s1. The maximum Gasteiger partial charge on any atom is 0.124 e. The van der Waals surface area contributed by atoms with Crippen molar-refractivity contribution in [3.05, 3.63) is 29.3 Å². The second kappa shape index (κ2) is 9.20. The molecule has 0 aromatic heterocycles. The van der Waals surface area contributed by atoms with Crippen LogP contribution in [0.2, 0.25) is 0 Å². The third kappa shape index (κ3) is 5.21. The normalized spacial score (nSPS) is 22.6. The van der Waals surface area contributed by atoms with E-state index in [0.717, 1.165) is 23.8 Å². The van der Waals surface area contributed by atoms with Crippen LogP contribution in [0.25, 0.3) is 0 Å². The molecule has 3 rings (SSSR count). The van der Waals surface area contributed by atoms with Gasteiger partial charge in [0, 0.05) is 38.3 Å². The van der Waals surface area contributed by atoms with Crippen molar-refractivity contribution in [2.75, 3.05) is 40.4 Å². The molecule has 1 aromatic carbocycles. The first kappa shape index (κ1) is 19.7. The number of hydrogen-bond acceptors (Lipinski definition) is 4. The Morgan fingerprint density at radius 2 is 1.96 bits per heavy atom. The molecule has 4 nitrogen and oxygen atoms in total. The van der Waals surface area contributed by atoms with Crippen LogP contribution in [0, 0.1) is 11.8 Å². The molecule has 1 aliphatic carbocycles. The fraction of sp³-hybridized carbons (Fsp3) is 0.727. The number of benzene rings is 1. The fourth-order valence-electron chi connectivity index (χ4n) is 4.23. The average Bonchev–Trinajstić information content (AvgIpc) is 3.44. The molecule has 0 bridgehead atoms. The van der Waals surface area contributed by atoms with Gasteiger partial charge in [0.2, 0.25) is 0 Å². The van der Waals surface area contributed by atoms with E-state index in [1.807, 2.05) is 0 Å². The van der Waals surface area contributed by atoms with Gasteiger partial charge in [0.05, 0.1) is 13.7 Å². The van der Waals surface area contributed by atoms with Gasteiger partial charge in [0.25, 0.3) is 0 Å². The monoisotopic (exact) mass is 360 g/mol. The van der Waals surface area contributed by atoms with Crippen LogP contribution in [0.15, 0.2) is 18.2 Å². The summed E-state index contributed by atoms with van der Waals surface area (Å²) in [6, 6.07) is 7.21. The molecule has 1 saturated carbocycles. The molecule has 0 N–H and O–H groups in total. The summed E-state index contributed by atoms with van der Waals surface area (Å²) < 4.78 is 10.8. The van der Waals surface area contributed by atoms with Crippen molar-refractivity contribution in [2.24, 2.45) is 11.8 Å². The smallest absolute Gasteiger partial charge is 0.124 e. The molecule has 1 atom stereocenters. The molecule has 26 heavy (non-hydrogen) atoms. The van der Waals surface area contributed by atoms with Gasteiger partial charge < -0.3 is 9.47 Å². The Morgan fingerprint density at radius 1 is 1.15 bits per heavy atom. The van der Waals surface area contributed by atoms with Gasteiger partial charge in [0.15, 0.2) is 0 Å². The Balaban J connectivity index is 1.67. The summed E-state index contributed by atoms with van der Waals surface area (Å²) in [7, 11) is 3.47. The molecule has 146 valence electrons. The van der Waals surface area contributed by atoms with Crippen molar-refractivity contribution < 1.29 is 9.47 Å². The van der Waals surface area contributed by atoms with Crippen molar-refractivity contribution in [3.8, 4) is 5.75 Å². The number of methoxy groups -OCH3 is 2. The zero-order chi connectivity index (χ0) is 18.5. The van der Waals surface area contributed by atoms with Gasteiger partial charge in [-0.1, -0.05) is 19.9 Å². The number of ether oxygens (including phenoxy) is 2. The van der Waals surface area contributed by atoms with Gasteiger partial charge in [-0.25, -0.2) is 0 Å². The van der Waals surface area contributed by atoms with E-state index in [4.69, 9.17) is 9.47 Å². The van der Waals surface area contributed by atoms with Crippen molar-refractivity contribution in [1.29, 1.82) is 0 Å². The number of nitrogens with zero attached hydrogens (tertiary/aromatic N) is 2. The average molecular weight is 361 g/mol. The van der Waals surface area contributed by atoms with Crippen LogP contribution in [0.5, 0.6) is 5.75 Å². The summed E-state index contributed by atoms with van der Waals surface area (Å²) in [5.74, 6) is 2.59. The molecule has 0 unspecified atom stereocenters. The first-order valence-electron chi connectivity index (χ1n) is 10.2. The molecule has 2 fully saturated rings. The maximum absolute atomic E-state index is 5.47. The highest BCUT2D eigenvalue weighted by Crippen LogP contribution is 2.32. The molecule has 0 radical (unpaired) electrons. The highest BCUT2D eigenvalue weighted by Gasteiger charge is 2.32. The van der Waals surface area contributed by atoms with Crippen LogP contribution in [-0.4, -0.2) is 56.2 Å². The molecule has 1 heterocycles. The molecule has 0 amide bonds. The predicted molar refractivity (Wildman–Crippen MR) is 107 cm³/mol. The molecule has 1 aliphatic heterocycles. The lowest BCUT2D eigenvalue weighted by atomic mass is 10.0. The van der Waals surface area contributed by atoms with Gasteiger partial charge in [-0.05, 0) is 61.9 Å². The molecule has 1 aromatic rings. The van der Waals surface area contributed by atoms with E-state index in [-0.39, 0.29) is 0 Å². The second-order valence-corrected chi connectivity index (χ2v) is 8.42. The first-order valence-corrected chi connectivity index (χ1v) is 10.2. The number of rotatable bonds is 8. The lowest BCUT2D eigenvalue weighted by Gasteiger charge is -2.34. The summed E-state index contributed by atoms with van der Waals surface area (Å²) >= 11 is 0. The summed E-state index contributed by atoms with van der Waals surface area (Å²) in [6.07, 6.45) is 4.16. The quantitative estimate of drug-likeness (QED) is 0.704. The largest absolute Gasteiger partial charge is 0.496 e. The summed E-state index contributed by atoms with van der Waals surface area (Å²) in [5.41, 5.74) is 2.49. The SMILES string of the molecule is COCc1cc(CN2CCCN(CC3CC3)[C@H](C(C)C)C2)ccc1OC. The highest BCUT2D eigenvalue weighted by molar-refractivity contribution is 5.37. The van der Waals surface area contributed by atoms with Crippen LogP contribution >= 0.6 is 0 Å². The molecular formula is C22H36N2O2. The van der Waals surface area contributed by atoms with E-state index in [1.54, 1.807) is 14.2 Å². The molecule has 2 aliphatic rings. The van der Waals surface area contributed by atoms with E-state index >= 15 is 0 Å². The van der Waals surface area contributed by atoms with E-state index in [2.05, 4.69) is 41.8 Å². The van der Waals surface area contributed by atoms with Crippen LogP contribution in [-0.2, 0) is 17.9 Å².